The largest absolute Gasteiger partial charge is 0.324 e. The van der Waals surface area contributed by atoms with Crippen LogP contribution >= 0.6 is 11.6 Å². The van der Waals surface area contributed by atoms with Crippen LogP contribution < -0.4 is 5.73 Å². The number of nitrogens with two attached hydrogens (primary N) is 1. The fraction of sp³-hybridized carbons (Fsp3) is 0.429. The van der Waals surface area contributed by atoms with Gasteiger partial charge >= 0.3 is 0 Å². The van der Waals surface area contributed by atoms with E-state index in [9.17, 15) is 0 Å². The molecule has 1 unspecified atom stereocenters. The Morgan fingerprint density at radius 2 is 2.06 bits per heavy atom. The summed E-state index contributed by atoms with van der Waals surface area (Å²) in [7, 11) is 0. The Balaban J connectivity index is 2.11. The van der Waals surface area contributed by atoms with Gasteiger partial charge in [-0.05, 0) is 37.3 Å². The number of rotatable bonds is 2. The van der Waals surface area contributed by atoms with Gasteiger partial charge in [-0.3, -0.25) is 0 Å². The Labute approximate surface area is 102 Å². The normalized spacial score (nSPS) is 21.4. The van der Waals surface area contributed by atoms with E-state index in [-0.39, 0.29) is 6.04 Å². The van der Waals surface area contributed by atoms with Gasteiger partial charge < -0.3 is 5.73 Å². The summed E-state index contributed by atoms with van der Waals surface area (Å²) in [5, 5.41) is 0.862. The molecule has 0 spiro atoms. The lowest BCUT2D eigenvalue weighted by Crippen LogP contribution is -2.16. The molecule has 0 radical (unpaired) electrons. The van der Waals surface area contributed by atoms with E-state index in [1.165, 1.54) is 30.4 Å². The molecular weight excluding hydrogens is 218 g/mol. The van der Waals surface area contributed by atoms with Gasteiger partial charge in [-0.15, -0.1) is 0 Å². The topological polar surface area (TPSA) is 26.0 Å². The van der Waals surface area contributed by atoms with Crippen LogP contribution in [0.2, 0.25) is 5.02 Å². The van der Waals surface area contributed by atoms with Crippen LogP contribution in [-0.4, -0.2) is 6.04 Å². The van der Waals surface area contributed by atoms with Gasteiger partial charge in [-0.2, -0.15) is 0 Å². The maximum absolute atomic E-state index is 6.16. The standard InChI is InChI=1S/C14H18ClN/c15-14-8-4-2-6-12(14)9-11-5-1-3-7-13(16)10-11/h2,4,6,8,10,13H,1,3,5,7,9,16H2. The third-order valence-electron chi connectivity index (χ3n) is 3.11. The summed E-state index contributed by atoms with van der Waals surface area (Å²) >= 11 is 6.16. The molecule has 2 heteroatoms. The summed E-state index contributed by atoms with van der Waals surface area (Å²) in [6.45, 7) is 0. The van der Waals surface area contributed by atoms with Gasteiger partial charge in [0.2, 0.25) is 0 Å². The maximum Gasteiger partial charge on any atom is 0.0441 e. The van der Waals surface area contributed by atoms with Crippen molar-refractivity contribution >= 4 is 11.6 Å². The predicted octanol–water partition coefficient (Wildman–Crippen LogP) is 3.71. The van der Waals surface area contributed by atoms with E-state index >= 15 is 0 Å². The van der Waals surface area contributed by atoms with Crippen LogP contribution in [0.15, 0.2) is 35.9 Å². The van der Waals surface area contributed by atoms with Crippen molar-refractivity contribution in [1.29, 1.82) is 0 Å². The number of halogens is 1. The molecule has 2 N–H and O–H groups in total. The van der Waals surface area contributed by atoms with Crippen LogP contribution in [-0.2, 0) is 6.42 Å². The Morgan fingerprint density at radius 3 is 2.88 bits per heavy atom. The zero-order chi connectivity index (χ0) is 11.4. The smallest absolute Gasteiger partial charge is 0.0441 e. The lowest BCUT2D eigenvalue weighted by atomic mass is 10.0. The van der Waals surface area contributed by atoms with Crippen LogP contribution in [0.3, 0.4) is 0 Å². The lowest BCUT2D eigenvalue weighted by molar-refractivity contribution is 0.654. The molecule has 1 atom stereocenters. The van der Waals surface area contributed by atoms with Crippen molar-refractivity contribution in [2.75, 3.05) is 0 Å². The van der Waals surface area contributed by atoms with Crippen molar-refractivity contribution in [3.05, 3.63) is 46.5 Å². The second-order valence-corrected chi connectivity index (χ2v) is 4.91. The fourth-order valence-electron chi connectivity index (χ4n) is 2.24. The molecule has 0 saturated heterocycles. The summed E-state index contributed by atoms with van der Waals surface area (Å²) in [6, 6.07) is 8.30. The van der Waals surface area contributed by atoms with Crippen molar-refractivity contribution in [3.8, 4) is 0 Å². The van der Waals surface area contributed by atoms with Crippen molar-refractivity contribution in [1.82, 2.24) is 0 Å². The summed E-state index contributed by atoms with van der Waals surface area (Å²) in [5.74, 6) is 0. The van der Waals surface area contributed by atoms with Crippen LogP contribution in [0.25, 0.3) is 0 Å². The van der Waals surface area contributed by atoms with Gasteiger partial charge in [0.05, 0.1) is 0 Å². The van der Waals surface area contributed by atoms with Gasteiger partial charge in [0.15, 0.2) is 0 Å². The molecular formula is C14H18ClN. The third-order valence-corrected chi connectivity index (χ3v) is 3.48. The maximum atomic E-state index is 6.16. The van der Waals surface area contributed by atoms with Crippen LogP contribution in [0.5, 0.6) is 0 Å². The molecule has 1 aromatic carbocycles. The van der Waals surface area contributed by atoms with Gasteiger partial charge in [0, 0.05) is 11.1 Å². The predicted molar refractivity (Wildman–Crippen MR) is 69.7 cm³/mol. The highest BCUT2D eigenvalue weighted by atomic mass is 35.5. The minimum Gasteiger partial charge on any atom is -0.324 e. The van der Waals surface area contributed by atoms with Gasteiger partial charge in [0.1, 0.15) is 0 Å². The third kappa shape index (κ3) is 3.10. The van der Waals surface area contributed by atoms with Crippen molar-refractivity contribution in [2.24, 2.45) is 5.73 Å². The first-order valence-electron chi connectivity index (χ1n) is 5.94. The van der Waals surface area contributed by atoms with E-state index in [4.69, 9.17) is 17.3 Å². The SMILES string of the molecule is NC1C=C(Cc2ccccc2Cl)CCCC1. The quantitative estimate of drug-likeness (QED) is 0.777. The summed E-state index contributed by atoms with van der Waals surface area (Å²) in [6.07, 6.45) is 7.96. The van der Waals surface area contributed by atoms with E-state index in [0.717, 1.165) is 17.9 Å². The second-order valence-electron chi connectivity index (χ2n) is 4.50. The molecule has 0 aliphatic heterocycles. The van der Waals surface area contributed by atoms with E-state index in [2.05, 4.69) is 12.1 Å². The van der Waals surface area contributed by atoms with Crippen molar-refractivity contribution < 1.29 is 0 Å². The second kappa shape index (κ2) is 5.51. The summed E-state index contributed by atoms with van der Waals surface area (Å²) in [4.78, 5) is 0. The molecule has 86 valence electrons. The average Bonchev–Trinajstić information content (AvgIpc) is 2.46. The highest BCUT2D eigenvalue weighted by Crippen LogP contribution is 2.24. The molecule has 16 heavy (non-hydrogen) atoms. The molecule has 0 amide bonds. The van der Waals surface area contributed by atoms with Gasteiger partial charge in [-0.1, -0.05) is 47.9 Å². The number of allylic oxidation sites excluding steroid dienone is 1. The van der Waals surface area contributed by atoms with Crippen LogP contribution in [0.4, 0.5) is 0 Å². The summed E-state index contributed by atoms with van der Waals surface area (Å²) < 4.78 is 0. The molecule has 0 saturated carbocycles. The molecule has 2 rings (SSSR count). The minimum absolute atomic E-state index is 0.236. The number of hydrogen-bond donors (Lipinski definition) is 1. The zero-order valence-electron chi connectivity index (χ0n) is 9.45. The first kappa shape index (κ1) is 11.7. The first-order valence-corrected chi connectivity index (χ1v) is 6.32. The molecule has 0 heterocycles. The molecule has 0 bridgehead atoms. The Morgan fingerprint density at radius 1 is 1.25 bits per heavy atom. The monoisotopic (exact) mass is 235 g/mol. The fourth-order valence-corrected chi connectivity index (χ4v) is 2.44. The van der Waals surface area contributed by atoms with E-state index in [1.54, 1.807) is 0 Å². The van der Waals surface area contributed by atoms with Crippen LogP contribution in [0, 0.1) is 0 Å². The minimum atomic E-state index is 0.236. The molecule has 1 aliphatic rings. The first-order chi connectivity index (χ1) is 7.75. The van der Waals surface area contributed by atoms with Crippen molar-refractivity contribution in [2.45, 2.75) is 38.1 Å². The van der Waals surface area contributed by atoms with Gasteiger partial charge in [0.25, 0.3) is 0 Å². The number of hydrogen-bond acceptors (Lipinski definition) is 1. The molecule has 0 aromatic heterocycles. The van der Waals surface area contributed by atoms with Gasteiger partial charge in [-0.25, -0.2) is 0 Å². The lowest BCUT2D eigenvalue weighted by Gasteiger charge is -2.08. The highest BCUT2D eigenvalue weighted by molar-refractivity contribution is 6.31. The Bertz CT molecular complexity index is 384. The molecule has 0 fully saturated rings. The van der Waals surface area contributed by atoms with E-state index in [0.29, 0.717) is 0 Å². The van der Waals surface area contributed by atoms with Crippen molar-refractivity contribution in [3.63, 3.8) is 0 Å². The van der Waals surface area contributed by atoms with E-state index < -0.39 is 0 Å². The summed E-state index contributed by atoms with van der Waals surface area (Å²) in [5.41, 5.74) is 8.66. The molecule has 1 aromatic rings. The molecule has 1 aliphatic carbocycles. The van der Waals surface area contributed by atoms with Crippen LogP contribution in [0.1, 0.15) is 31.2 Å². The average molecular weight is 236 g/mol. The van der Waals surface area contributed by atoms with E-state index in [1.807, 2.05) is 18.2 Å². The molecule has 1 nitrogen and oxygen atoms in total. The zero-order valence-corrected chi connectivity index (χ0v) is 10.2. The highest BCUT2D eigenvalue weighted by Gasteiger charge is 2.10. The number of benzene rings is 1. The Kier molecular flexibility index (Phi) is 4.03. The Hall–Kier alpha value is -0.790.